The first-order valence-corrected chi connectivity index (χ1v) is 8.80. The predicted octanol–water partition coefficient (Wildman–Crippen LogP) is 2.26. The van der Waals surface area contributed by atoms with Gasteiger partial charge in [-0.05, 0) is 32.6 Å². The lowest BCUT2D eigenvalue weighted by Gasteiger charge is -2.18. The maximum atomic E-state index is 9.17. The average molecular weight is 413 g/mol. The number of thiazole rings is 1. The molecule has 3 N–H and O–H groups in total. The summed E-state index contributed by atoms with van der Waals surface area (Å²) in [6, 6.07) is 5.59. The normalized spacial score (nSPS) is 10.9. The van der Waals surface area contributed by atoms with Crippen molar-refractivity contribution in [3.63, 3.8) is 0 Å². The minimum atomic E-state index is -1.82. The van der Waals surface area contributed by atoms with E-state index in [1.165, 1.54) is 11.3 Å². The van der Waals surface area contributed by atoms with Crippen molar-refractivity contribution >= 4 is 34.9 Å². The maximum absolute atomic E-state index is 9.17. The van der Waals surface area contributed by atoms with E-state index in [1.807, 2.05) is 14.0 Å². The number of ether oxygens (including phenoxy) is 1. The number of carboxylic acid groups (broad SMARTS) is 2. The van der Waals surface area contributed by atoms with Crippen LogP contribution in [0.2, 0.25) is 5.15 Å². The number of halogens is 1. The van der Waals surface area contributed by atoms with Crippen LogP contribution in [0.4, 0.5) is 0 Å². The van der Waals surface area contributed by atoms with Crippen LogP contribution < -0.4 is 10.1 Å². The van der Waals surface area contributed by atoms with Crippen molar-refractivity contribution in [2.24, 2.45) is 0 Å². The zero-order valence-electron chi connectivity index (χ0n) is 14.5. The highest BCUT2D eigenvalue weighted by Gasteiger charge is 2.21. The molecule has 0 amide bonds. The Morgan fingerprint density at radius 2 is 2.07 bits per heavy atom. The Morgan fingerprint density at radius 1 is 1.41 bits per heavy atom. The predicted molar refractivity (Wildman–Crippen MR) is 98.0 cm³/mol. The Morgan fingerprint density at radius 3 is 2.56 bits per heavy atom. The summed E-state index contributed by atoms with van der Waals surface area (Å²) in [5.74, 6) is -3.31. The van der Waals surface area contributed by atoms with Crippen molar-refractivity contribution in [1.29, 1.82) is 5.26 Å². The molecule has 2 aromatic rings. The van der Waals surface area contributed by atoms with Crippen LogP contribution in [0.15, 0.2) is 17.6 Å². The van der Waals surface area contributed by atoms with Crippen molar-refractivity contribution in [2.45, 2.75) is 19.4 Å². The van der Waals surface area contributed by atoms with Gasteiger partial charge in [-0.2, -0.15) is 5.26 Å². The summed E-state index contributed by atoms with van der Waals surface area (Å²) in [4.78, 5) is 27.4. The molecule has 144 valence electrons. The van der Waals surface area contributed by atoms with Crippen LogP contribution in [0, 0.1) is 18.3 Å². The molecular formula is C16H17ClN4O5S. The van der Waals surface area contributed by atoms with E-state index in [-0.39, 0.29) is 6.10 Å². The number of carbonyl (C=O) groups is 2. The molecule has 2 heterocycles. The van der Waals surface area contributed by atoms with Gasteiger partial charge >= 0.3 is 11.9 Å². The van der Waals surface area contributed by atoms with Crippen molar-refractivity contribution in [3.05, 3.63) is 38.9 Å². The quantitative estimate of drug-likeness (QED) is 0.608. The minimum absolute atomic E-state index is 0.279. The molecule has 0 aliphatic rings. The zero-order chi connectivity index (χ0) is 20.4. The first-order valence-electron chi connectivity index (χ1n) is 7.54. The van der Waals surface area contributed by atoms with Gasteiger partial charge in [0.05, 0.1) is 10.4 Å². The van der Waals surface area contributed by atoms with Gasteiger partial charge in [0.2, 0.25) is 5.88 Å². The first-order chi connectivity index (χ1) is 12.8. The number of aryl methyl sites for hydroxylation is 1. The van der Waals surface area contributed by atoms with Gasteiger partial charge in [0.15, 0.2) is 0 Å². The van der Waals surface area contributed by atoms with Gasteiger partial charge < -0.3 is 20.3 Å². The molecule has 0 spiro atoms. The lowest BCUT2D eigenvalue weighted by molar-refractivity contribution is -0.159. The van der Waals surface area contributed by atoms with Crippen LogP contribution >= 0.6 is 22.9 Å². The summed E-state index contributed by atoms with van der Waals surface area (Å²) in [5.41, 5.74) is 2.89. The highest BCUT2D eigenvalue weighted by atomic mass is 35.5. The highest BCUT2D eigenvalue weighted by Crippen LogP contribution is 2.32. The Balaban J connectivity index is 0.000000527. The van der Waals surface area contributed by atoms with Crippen LogP contribution in [0.1, 0.15) is 28.7 Å². The van der Waals surface area contributed by atoms with E-state index in [1.54, 1.807) is 17.6 Å². The van der Waals surface area contributed by atoms with Crippen LogP contribution in [0.25, 0.3) is 0 Å². The molecule has 1 unspecified atom stereocenters. The van der Waals surface area contributed by atoms with Crippen molar-refractivity contribution in [1.82, 2.24) is 15.3 Å². The fourth-order valence-electron chi connectivity index (χ4n) is 1.81. The van der Waals surface area contributed by atoms with Crippen LogP contribution in [-0.4, -0.2) is 45.7 Å². The second kappa shape index (κ2) is 11.1. The van der Waals surface area contributed by atoms with Crippen molar-refractivity contribution in [3.8, 4) is 11.9 Å². The molecule has 2 aromatic heterocycles. The van der Waals surface area contributed by atoms with Crippen LogP contribution in [-0.2, 0) is 9.59 Å². The van der Waals surface area contributed by atoms with Crippen molar-refractivity contribution < 1.29 is 24.5 Å². The van der Waals surface area contributed by atoms with Gasteiger partial charge in [0.25, 0.3) is 0 Å². The third kappa shape index (κ3) is 7.18. The number of hydrogen-bond acceptors (Lipinski definition) is 8. The fourth-order valence-corrected chi connectivity index (χ4v) is 2.91. The molecule has 27 heavy (non-hydrogen) atoms. The van der Waals surface area contributed by atoms with E-state index in [0.29, 0.717) is 23.0 Å². The largest absolute Gasteiger partial charge is 0.473 e. The summed E-state index contributed by atoms with van der Waals surface area (Å²) in [5, 5.41) is 27.5. The molecule has 0 aliphatic carbocycles. The van der Waals surface area contributed by atoms with Gasteiger partial charge in [-0.15, -0.1) is 11.3 Å². The molecule has 11 heteroatoms. The van der Waals surface area contributed by atoms with Crippen LogP contribution in [0.5, 0.6) is 5.88 Å². The number of pyridine rings is 1. The third-order valence-electron chi connectivity index (χ3n) is 3.05. The number of aliphatic carboxylic acids is 2. The van der Waals surface area contributed by atoms with E-state index >= 15 is 0 Å². The molecule has 0 saturated heterocycles. The number of hydrogen-bond donors (Lipinski definition) is 3. The van der Waals surface area contributed by atoms with Gasteiger partial charge in [-0.25, -0.2) is 19.6 Å². The van der Waals surface area contributed by atoms with Gasteiger partial charge in [0, 0.05) is 12.1 Å². The highest BCUT2D eigenvalue weighted by molar-refractivity contribution is 7.10. The lowest BCUT2D eigenvalue weighted by atomic mass is 10.2. The average Bonchev–Trinajstić information content (AvgIpc) is 3.05. The molecule has 0 saturated carbocycles. The molecule has 2 rings (SSSR count). The van der Waals surface area contributed by atoms with Crippen molar-refractivity contribution in [2.75, 3.05) is 13.6 Å². The van der Waals surface area contributed by atoms with Gasteiger partial charge in [-0.3, -0.25) is 0 Å². The second-order valence-corrected chi connectivity index (χ2v) is 6.28. The standard InChI is InChI=1S/C14H15ClN4OS.C2H2O4/c1-9-3-4-10(7-16)14(19-9)20-11(5-6-17-2)12-13(15)18-8-21-12;3-1(4)2(5)6/h3-4,8,11,17H,5-6H2,1-2H3;(H,3,4)(H,5,6). The summed E-state index contributed by atoms with van der Waals surface area (Å²) in [6.45, 7) is 2.61. The fraction of sp³-hybridized carbons (Fsp3) is 0.312. The summed E-state index contributed by atoms with van der Waals surface area (Å²) in [6.07, 6.45) is 0.428. The SMILES string of the molecule is CNCCC(Oc1nc(C)ccc1C#N)c1scnc1Cl.O=C(O)C(=O)O. The maximum Gasteiger partial charge on any atom is 0.414 e. The monoisotopic (exact) mass is 412 g/mol. The van der Waals surface area contributed by atoms with E-state index in [4.69, 9.17) is 41.4 Å². The number of aromatic nitrogens is 2. The number of carboxylic acids is 2. The molecule has 0 bridgehead atoms. The molecular weight excluding hydrogens is 396 g/mol. The Hall–Kier alpha value is -2.74. The molecule has 0 aromatic carbocycles. The summed E-state index contributed by atoms with van der Waals surface area (Å²) >= 11 is 7.54. The Labute approximate surface area is 164 Å². The molecule has 1 atom stereocenters. The lowest BCUT2D eigenvalue weighted by Crippen LogP contribution is -2.16. The molecule has 0 aliphatic heterocycles. The molecule has 9 nitrogen and oxygen atoms in total. The number of nitrogens with zero attached hydrogens (tertiary/aromatic N) is 3. The van der Waals surface area contributed by atoms with Gasteiger partial charge in [0.1, 0.15) is 22.9 Å². The summed E-state index contributed by atoms with van der Waals surface area (Å²) < 4.78 is 5.96. The third-order valence-corrected chi connectivity index (χ3v) is 4.39. The Bertz CT molecular complexity index is 824. The van der Waals surface area contributed by atoms with Gasteiger partial charge in [-0.1, -0.05) is 11.6 Å². The number of rotatable bonds is 6. The Kier molecular flexibility index (Phi) is 9.15. The molecule has 0 fully saturated rings. The second-order valence-electron chi connectivity index (χ2n) is 5.03. The van der Waals surface area contributed by atoms with E-state index in [9.17, 15) is 0 Å². The van der Waals surface area contributed by atoms with E-state index in [2.05, 4.69) is 21.4 Å². The first kappa shape index (κ1) is 22.3. The number of nitriles is 1. The topological polar surface area (TPSA) is 145 Å². The zero-order valence-corrected chi connectivity index (χ0v) is 16.0. The molecule has 0 radical (unpaired) electrons. The summed E-state index contributed by atoms with van der Waals surface area (Å²) in [7, 11) is 1.87. The van der Waals surface area contributed by atoms with E-state index < -0.39 is 11.9 Å². The van der Waals surface area contributed by atoms with Crippen LogP contribution in [0.3, 0.4) is 0 Å². The van der Waals surface area contributed by atoms with E-state index in [0.717, 1.165) is 17.1 Å². The minimum Gasteiger partial charge on any atom is -0.473 e. The number of nitrogens with one attached hydrogen (secondary N) is 1. The smallest absolute Gasteiger partial charge is 0.414 e.